The van der Waals surface area contributed by atoms with Crippen LogP contribution in [0, 0.1) is 12.8 Å². The molecule has 1 aromatic carbocycles. The number of nitrogens with zero attached hydrogens (tertiary/aromatic N) is 4. The predicted octanol–water partition coefficient (Wildman–Crippen LogP) is 4.05. The Morgan fingerprint density at radius 1 is 1.07 bits per heavy atom. The first-order chi connectivity index (χ1) is 14.2. The van der Waals surface area contributed by atoms with Crippen molar-refractivity contribution in [2.75, 3.05) is 26.2 Å². The number of amides is 1. The molecule has 1 aliphatic heterocycles. The summed E-state index contributed by atoms with van der Waals surface area (Å²) < 4.78 is 5.45. The molecule has 1 aromatic heterocycles. The van der Waals surface area contributed by atoms with Gasteiger partial charge in [-0.25, -0.2) is 0 Å². The lowest BCUT2D eigenvalue weighted by Gasteiger charge is -2.34. The van der Waals surface area contributed by atoms with Crippen LogP contribution in [-0.2, 0) is 11.3 Å². The van der Waals surface area contributed by atoms with Gasteiger partial charge in [-0.1, -0.05) is 67.1 Å². The molecule has 4 rings (SSSR count). The molecule has 2 fully saturated rings. The highest BCUT2D eigenvalue weighted by Crippen LogP contribution is 2.27. The number of benzene rings is 1. The third-order valence-electron chi connectivity index (χ3n) is 6.35. The summed E-state index contributed by atoms with van der Waals surface area (Å²) in [6, 6.07) is 8.13. The maximum Gasteiger partial charge on any atom is 0.241 e. The minimum absolute atomic E-state index is 0.328. The number of aromatic nitrogens is 2. The Morgan fingerprint density at radius 3 is 2.52 bits per heavy atom. The van der Waals surface area contributed by atoms with E-state index in [1.165, 1.54) is 37.7 Å². The van der Waals surface area contributed by atoms with Gasteiger partial charge in [0.25, 0.3) is 0 Å². The molecule has 2 aromatic rings. The van der Waals surface area contributed by atoms with Crippen molar-refractivity contribution in [2.45, 2.75) is 58.4 Å². The van der Waals surface area contributed by atoms with Gasteiger partial charge in [-0.3, -0.25) is 9.69 Å². The van der Waals surface area contributed by atoms with Crippen molar-refractivity contribution in [3.05, 3.63) is 35.7 Å². The molecular weight excluding hydrogens is 364 g/mol. The molecule has 29 heavy (non-hydrogen) atoms. The van der Waals surface area contributed by atoms with Crippen molar-refractivity contribution in [1.82, 2.24) is 19.9 Å². The van der Waals surface area contributed by atoms with Crippen LogP contribution in [0.5, 0.6) is 0 Å². The third-order valence-corrected chi connectivity index (χ3v) is 6.35. The largest absolute Gasteiger partial charge is 0.340 e. The molecule has 2 aliphatic rings. The molecule has 1 saturated heterocycles. The summed E-state index contributed by atoms with van der Waals surface area (Å²) in [5.74, 6) is 2.37. The molecule has 0 bridgehead atoms. The van der Waals surface area contributed by atoms with E-state index < -0.39 is 0 Å². The first-order valence-corrected chi connectivity index (χ1v) is 11.1. The minimum atomic E-state index is 0.328. The van der Waals surface area contributed by atoms with Crippen LogP contribution in [-0.4, -0.2) is 52.0 Å². The average molecular weight is 397 g/mol. The number of piperazine rings is 1. The average Bonchev–Trinajstić information content (AvgIpc) is 3.22. The smallest absolute Gasteiger partial charge is 0.241 e. The van der Waals surface area contributed by atoms with Crippen LogP contribution in [0.1, 0.15) is 56.4 Å². The lowest BCUT2D eigenvalue weighted by Crippen LogP contribution is -2.48. The second-order valence-corrected chi connectivity index (χ2v) is 8.58. The van der Waals surface area contributed by atoms with Crippen LogP contribution in [0.25, 0.3) is 11.4 Å². The zero-order valence-electron chi connectivity index (χ0n) is 17.5. The van der Waals surface area contributed by atoms with Crippen LogP contribution in [0.3, 0.4) is 0 Å². The molecule has 6 heteroatoms. The van der Waals surface area contributed by atoms with E-state index in [0.717, 1.165) is 44.1 Å². The van der Waals surface area contributed by atoms with Crippen molar-refractivity contribution in [3.63, 3.8) is 0 Å². The highest BCUT2D eigenvalue weighted by molar-refractivity contribution is 5.76. The Morgan fingerprint density at radius 2 is 1.79 bits per heavy atom. The molecule has 1 saturated carbocycles. The standard InChI is InChI=1S/C23H32N4O2/c1-18-7-10-20(11-8-18)23-24-21(29-25-23)17-26-13-15-27(16-14-26)22(28)12-9-19-5-3-2-4-6-19/h7-8,10-11,19H,2-6,9,12-17H2,1H3. The predicted molar refractivity (Wildman–Crippen MR) is 112 cm³/mol. The third kappa shape index (κ3) is 5.44. The fourth-order valence-electron chi connectivity index (χ4n) is 4.45. The topological polar surface area (TPSA) is 62.5 Å². The first-order valence-electron chi connectivity index (χ1n) is 11.1. The number of hydrogen-bond acceptors (Lipinski definition) is 5. The second kappa shape index (κ2) is 9.53. The van der Waals surface area contributed by atoms with Gasteiger partial charge >= 0.3 is 0 Å². The highest BCUT2D eigenvalue weighted by Gasteiger charge is 2.23. The molecular formula is C23H32N4O2. The van der Waals surface area contributed by atoms with Gasteiger partial charge in [0.1, 0.15) is 0 Å². The first kappa shape index (κ1) is 20.1. The monoisotopic (exact) mass is 396 g/mol. The van der Waals surface area contributed by atoms with Crippen molar-refractivity contribution in [3.8, 4) is 11.4 Å². The molecule has 0 unspecified atom stereocenters. The zero-order valence-corrected chi connectivity index (χ0v) is 17.5. The maximum atomic E-state index is 12.6. The fourth-order valence-corrected chi connectivity index (χ4v) is 4.45. The quantitative estimate of drug-likeness (QED) is 0.737. The minimum Gasteiger partial charge on any atom is -0.340 e. The Hall–Kier alpha value is -2.21. The van der Waals surface area contributed by atoms with E-state index >= 15 is 0 Å². The highest BCUT2D eigenvalue weighted by atomic mass is 16.5. The van der Waals surface area contributed by atoms with Crippen LogP contribution < -0.4 is 0 Å². The Bertz CT molecular complexity index is 787. The van der Waals surface area contributed by atoms with E-state index in [1.54, 1.807) is 0 Å². The molecule has 0 radical (unpaired) electrons. The molecule has 1 amide bonds. The Kier molecular flexibility index (Phi) is 6.60. The number of aryl methyl sites for hydroxylation is 1. The van der Waals surface area contributed by atoms with Crippen molar-refractivity contribution in [2.24, 2.45) is 5.92 Å². The van der Waals surface area contributed by atoms with Crippen LogP contribution in [0.2, 0.25) is 0 Å². The molecule has 0 spiro atoms. The summed E-state index contributed by atoms with van der Waals surface area (Å²) in [7, 11) is 0. The van der Waals surface area contributed by atoms with Crippen molar-refractivity contribution in [1.29, 1.82) is 0 Å². The lowest BCUT2D eigenvalue weighted by molar-refractivity contribution is -0.133. The number of carbonyl (C=O) groups is 1. The Balaban J connectivity index is 1.21. The molecule has 156 valence electrons. The van der Waals surface area contributed by atoms with Crippen molar-refractivity contribution >= 4 is 5.91 Å². The zero-order chi connectivity index (χ0) is 20.1. The van der Waals surface area contributed by atoms with Crippen molar-refractivity contribution < 1.29 is 9.32 Å². The van der Waals surface area contributed by atoms with Gasteiger partial charge in [0.05, 0.1) is 6.54 Å². The number of rotatable bonds is 6. The molecule has 6 nitrogen and oxygen atoms in total. The van der Waals surface area contributed by atoms with E-state index in [0.29, 0.717) is 30.6 Å². The SMILES string of the molecule is Cc1ccc(-c2noc(CN3CCN(C(=O)CCC4CCCCC4)CC3)n2)cc1. The fraction of sp³-hybridized carbons (Fsp3) is 0.609. The van der Waals surface area contributed by atoms with Gasteiger partial charge in [0.2, 0.25) is 17.6 Å². The summed E-state index contributed by atoms with van der Waals surface area (Å²) in [5.41, 5.74) is 2.18. The number of hydrogen-bond donors (Lipinski definition) is 0. The van der Waals surface area contributed by atoms with E-state index in [-0.39, 0.29) is 0 Å². The Labute approximate surface area is 173 Å². The van der Waals surface area contributed by atoms with Gasteiger partial charge in [0, 0.05) is 38.2 Å². The summed E-state index contributed by atoms with van der Waals surface area (Å²) in [5, 5.41) is 4.12. The summed E-state index contributed by atoms with van der Waals surface area (Å²) in [6.45, 7) is 6.01. The normalized spacial score (nSPS) is 18.9. The van der Waals surface area contributed by atoms with Gasteiger partial charge in [-0.15, -0.1) is 0 Å². The maximum absolute atomic E-state index is 12.6. The van der Waals surface area contributed by atoms with E-state index in [9.17, 15) is 4.79 Å². The second-order valence-electron chi connectivity index (χ2n) is 8.58. The molecule has 1 aliphatic carbocycles. The van der Waals surface area contributed by atoms with E-state index in [2.05, 4.69) is 34.1 Å². The van der Waals surface area contributed by atoms with Crippen LogP contribution >= 0.6 is 0 Å². The van der Waals surface area contributed by atoms with Crippen LogP contribution in [0.4, 0.5) is 0 Å². The number of carbonyl (C=O) groups excluding carboxylic acids is 1. The van der Waals surface area contributed by atoms with Gasteiger partial charge in [-0.05, 0) is 19.3 Å². The molecule has 0 N–H and O–H groups in total. The van der Waals surface area contributed by atoms with Gasteiger partial charge in [-0.2, -0.15) is 4.98 Å². The van der Waals surface area contributed by atoms with E-state index in [1.807, 2.05) is 17.0 Å². The van der Waals surface area contributed by atoms with E-state index in [4.69, 9.17) is 4.52 Å². The van der Waals surface area contributed by atoms with Gasteiger partial charge in [0.15, 0.2) is 0 Å². The van der Waals surface area contributed by atoms with Crippen LogP contribution in [0.15, 0.2) is 28.8 Å². The summed E-state index contributed by atoms with van der Waals surface area (Å²) in [4.78, 5) is 21.4. The summed E-state index contributed by atoms with van der Waals surface area (Å²) >= 11 is 0. The molecule has 0 atom stereocenters. The summed E-state index contributed by atoms with van der Waals surface area (Å²) in [6.07, 6.45) is 8.49. The molecule has 2 heterocycles. The van der Waals surface area contributed by atoms with Gasteiger partial charge < -0.3 is 9.42 Å². The lowest BCUT2D eigenvalue weighted by atomic mass is 9.86.